The normalized spacial score (nSPS) is 17.5. The Morgan fingerprint density at radius 2 is 2.07 bits per heavy atom. The van der Waals surface area contributed by atoms with E-state index < -0.39 is 23.8 Å². The first-order chi connectivity index (χ1) is 13.8. The molecule has 1 N–H and O–H groups in total. The predicted molar refractivity (Wildman–Crippen MR) is 101 cm³/mol. The molecule has 1 aliphatic heterocycles. The highest BCUT2D eigenvalue weighted by Gasteiger charge is 2.32. The number of alkyl halides is 3. The number of aliphatic hydroxyl groups is 1. The van der Waals surface area contributed by atoms with Crippen LogP contribution in [0.2, 0.25) is 0 Å². The molecule has 0 bridgehead atoms. The van der Waals surface area contributed by atoms with Gasteiger partial charge in [-0.05, 0) is 42.5 Å². The molecular weight excluding hydrogens is 405 g/mol. The zero-order valence-electron chi connectivity index (χ0n) is 15.1. The summed E-state index contributed by atoms with van der Waals surface area (Å²) in [5.74, 6) is -0.271. The van der Waals surface area contributed by atoms with Crippen molar-refractivity contribution in [1.29, 1.82) is 0 Å². The molecule has 1 aromatic carbocycles. The Morgan fingerprint density at radius 3 is 2.76 bits per heavy atom. The van der Waals surface area contributed by atoms with E-state index in [4.69, 9.17) is 0 Å². The van der Waals surface area contributed by atoms with Gasteiger partial charge in [-0.1, -0.05) is 12.1 Å². The van der Waals surface area contributed by atoms with Crippen molar-refractivity contribution < 1.29 is 23.1 Å². The van der Waals surface area contributed by atoms with Crippen molar-refractivity contribution in [2.24, 2.45) is 0 Å². The first kappa shape index (κ1) is 19.6. The zero-order chi connectivity index (χ0) is 20.6. The lowest BCUT2D eigenvalue weighted by Crippen LogP contribution is -2.42. The number of nitrogens with zero attached hydrogens (tertiary/aromatic N) is 4. The molecule has 4 rings (SSSR count). The molecule has 3 heterocycles. The molecular formula is C19H17F3N4O2S. The molecule has 1 saturated heterocycles. The molecule has 152 valence electrons. The summed E-state index contributed by atoms with van der Waals surface area (Å²) in [7, 11) is 0. The van der Waals surface area contributed by atoms with Crippen molar-refractivity contribution in [3.05, 3.63) is 53.2 Å². The van der Waals surface area contributed by atoms with E-state index in [1.807, 2.05) is 5.38 Å². The number of carbonyl (C=O) groups is 1. The molecule has 6 nitrogen and oxygen atoms in total. The number of hydrogen-bond acceptors (Lipinski definition) is 5. The fraction of sp³-hybridized carbons (Fsp3) is 0.316. The minimum atomic E-state index is -4.50. The van der Waals surface area contributed by atoms with Crippen molar-refractivity contribution in [1.82, 2.24) is 19.7 Å². The molecule has 0 spiro atoms. The summed E-state index contributed by atoms with van der Waals surface area (Å²) in [5, 5.41) is 15.9. The first-order valence-corrected chi connectivity index (χ1v) is 9.87. The number of β-amino-alcohol motifs (C(OH)–C–C–N with tert-alkyl or cyclic N) is 1. The molecule has 2 aromatic heterocycles. The Kier molecular flexibility index (Phi) is 5.13. The maximum atomic E-state index is 13.1. The average molecular weight is 422 g/mol. The van der Waals surface area contributed by atoms with E-state index in [2.05, 4.69) is 10.1 Å². The highest BCUT2D eigenvalue weighted by Crippen LogP contribution is 2.32. The molecule has 10 heteroatoms. The first-order valence-electron chi connectivity index (χ1n) is 8.99. The number of aliphatic hydroxyl groups excluding tert-OH is 1. The van der Waals surface area contributed by atoms with Crippen LogP contribution in [0.5, 0.6) is 0 Å². The number of likely N-dealkylation sites (tertiary alicyclic amines) is 1. The van der Waals surface area contributed by atoms with Gasteiger partial charge in [-0.15, -0.1) is 16.4 Å². The summed E-state index contributed by atoms with van der Waals surface area (Å²) in [4.78, 5) is 19.3. The SMILES string of the molecule is O=C(c1nc(-c2cccs2)n(-c2cccc(C(F)(F)F)c2)n1)N1CCCC(O)C1. The van der Waals surface area contributed by atoms with Crippen LogP contribution >= 0.6 is 11.3 Å². The standard InChI is InChI=1S/C19H17F3N4O2S/c20-19(21,22)12-4-1-5-13(10-12)26-17(15-7-3-9-29-15)23-16(24-26)18(28)25-8-2-6-14(27)11-25/h1,3-5,7,9-10,14,27H,2,6,8,11H2. The van der Waals surface area contributed by atoms with Gasteiger partial charge >= 0.3 is 6.18 Å². The van der Waals surface area contributed by atoms with Crippen molar-refractivity contribution in [3.63, 3.8) is 0 Å². The van der Waals surface area contributed by atoms with Crippen LogP contribution in [0.15, 0.2) is 41.8 Å². The highest BCUT2D eigenvalue weighted by molar-refractivity contribution is 7.13. The number of aromatic nitrogens is 3. The fourth-order valence-corrected chi connectivity index (χ4v) is 3.94. The van der Waals surface area contributed by atoms with E-state index in [1.165, 1.54) is 33.1 Å². The van der Waals surface area contributed by atoms with Gasteiger partial charge in [0.05, 0.1) is 22.2 Å². The molecule has 29 heavy (non-hydrogen) atoms. The van der Waals surface area contributed by atoms with Crippen LogP contribution in [0.3, 0.4) is 0 Å². The topological polar surface area (TPSA) is 71.2 Å². The van der Waals surface area contributed by atoms with Crippen LogP contribution < -0.4 is 0 Å². The third-order valence-electron chi connectivity index (χ3n) is 4.64. The molecule has 0 aliphatic carbocycles. The summed E-state index contributed by atoms with van der Waals surface area (Å²) in [6.45, 7) is 0.660. The molecule has 1 amide bonds. The molecule has 1 aliphatic rings. The number of rotatable bonds is 3. The molecule has 1 fully saturated rings. The smallest absolute Gasteiger partial charge is 0.391 e. The predicted octanol–water partition coefficient (Wildman–Crippen LogP) is 3.61. The largest absolute Gasteiger partial charge is 0.416 e. The number of hydrogen-bond donors (Lipinski definition) is 1. The van der Waals surface area contributed by atoms with Crippen LogP contribution in [0.1, 0.15) is 29.0 Å². The van der Waals surface area contributed by atoms with Crippen molar-refractivity contribution in [2.45, 2.75) is 25.1 Å². The maximum absolute atomic E-state index is 13.1. The number of amides is 1. The molecule has 3 aromatic rings. The van der Waals surface area contributed by atoms with E-state index in [0.717, 1.165) is 12.1 Å². The van der Waals surface area contributed by atoms with Gasteiger partial charge in [0.25, 0.3) is 5.91 Å². The summed E-state index contributed by atoms with van der Waals surface area (Å²) >= 11 is 1.35. The van der Waals surface area contributed by atoms with Gasteiger partial charge in [0.15, 0.2) is 5.82 Å². The van der Waals surface area contributed by atoms with Gasteiger partial charge in [-0.25, -0.2) is 9.67 Å². The van der Waals surface area contributed by atoms with Crippen LogP contribution in [0.25, 0.3) is 16.4 Å². The Morgan fingerprint density at radius 1 is 1.24 bits per heavy atom. The summed E-state index contributed by atoms with van der Waals surface area (Å²) in [5.41, 5.74) is -0.650. The van der Waals surface area contributed by atoms with E-state index in [9.17, 15) is 23.1 Å². The lowest BCUT2D eigenvalue weighted by atomic mass is 10.1. The minimum absolute atomic E-state index is 0.111. The van der Waals surface area contributed by atoms with Crippen LogP contribution in [0, 0.1) is 0 Å². The molecule has 1 atom stereocenters. The van der Waals surface area contributed by atoms with Gasteiger partial charge in [-0.3, -0.25) is 4.79 Å². The molecule has 0 saturated carbocycles. The number of thiophene rings is 1. The van der Waals surface area contributed by atoms with Gasteiger partial charge in [0, 0.05) is 13.1 Å². The zero-order valence-corrected chi connectivity index (χ0v) is 16.0. The lowest BCUT2D eigenvalue weighted by Gasteiger charge is -2.29. The second-order valence-corrected chi connectivity index (χ2v) is 7.69. The number of halogens is 3. The van der Waals surface area contributed by atoms with Crippen molar-refractivity contribution in [3.8, 4) is 16.4 Å². The van der Waals surface area contributed by atoms with Gasteiger partial charge in [-0.2, -0.15) is 13.2 Å². The van der Waals surface area contributed by atoms with E-state index in [0.29, 0.717) is 30.1 Å². The van der Waals surface area contributed by atoms with Crippen LogP contribution in [0.4, 0.5) is 13.2 Å². The van der Waals surface area contributed by atoms with E-state index >= 15 is 0 Å². The maximum Gasteiger partial charge on any atom is 0.416 e. The number of carbonyl (C=O) groups excluding carboxylic acids is 1. The quantitative estimate of drug-likeness (QED) is 0.700. The highest BCUT2D eigenvalue weighted by atomic mass is 32.1. The molecule has 0 radical (unpaired) electrons. The Labute approximate surface area is 168 Å². The minimum Gasteiger partial charge on any atom is -0.391 e. The number of piperidine rings is 1. The van der Waals surface area contributed by atoms with Gasteiger partial charge in [0.2, 0.25) is 5.82 Å². The second-order valence-electron chi connectivity index (χ2n) is 6.74. The van der Waals surface area contributed by atoms with E-state index in [-0.39, 0.29) is 18.1 Å². The third-order valence-corrected chi connectivity index (χ3v) is 5.51. The van der Waals surface area contributed by atoms with Crippen LogP contribution in [-0.2, 0) is 6.18 Å². The monoisotopic (exact) mass is 422 g/mol. The summed E-state index contributed by atoms with van der Waals surface area (Å²) < 4.78 is 40.7. The number of benzene rings is 1. The van der Waals surface area contributed by atoms with Crippen LogP contribution in [-0.4, -0.2) is 49.9 Å². The van der Waals surface area contributed by atoms with E-state index in [1.54, 1.807) is 12.1 Å². The lowest BCUT2D eigenvalue weighted by molar-refractivity contribution is -0.137. The van der Waals surface area contributed by atoms with Crippen molar-refractivity contribution >= 4 is 17.2 Å². The Balaban J connectivity index is 1.77. The summed E-state index contributed by atoms with van der Waals surface area (Å²) in [6, 6.07) is 8.28. The Bertz CT molecular complexity index is 1020. The third kappa shape index (κ3) is 4.03. The van der Waals surface area contributed by atoms with Gasteiger partial charge < -0.3 is 10.0 Å². The molecule has 1 unspecified atom stereocenters. The average Bonchev–Trinajstić information content (AvgIpc) is 3.36. The second kappa shape index (κ2) is 7.60. The fourth-order valence-electron chi connectivity index (χ4n) is 3.24. The van der Waals surface area contributed by atoms with Gasteiger partial charge in [0.1, 0.15) is 0 Å². The summed E-state index contributed by atoms with van der Waals surface area (Å²) in [6.07, 6.45) is -3.81. The van der Waals surface area contributed by atoms with Crippen molar-refractivity contribution in [2.75, 3.05) is 13.1 Å². The Hall–Kier alpha value is -2.72.